The molecule has 5 nitrogen and oxygen atoms in total. The van der Waals surface area contributed by atoms with Crippen molar-refractivity contribution < 1.29 is 9.21 Å². The lowest BCUT2D eigenvalue weighted by Gasteiger charge is -2.12. The Bertz CT molecular complexity index is 760. The number of nitrogens with one attached hydrogen (secondary N) is 1. The molecular weight excluding hydrogens is 358 g/mol. The van der Waals surface area contributed by atoms with Crippen molar-refractivity contribution in [2.75, 3.05) is 12.3 Å². The van der Waals surface area contributed by atoms with Crippen molar-refractivity contribution in [1.29, 1.82) is 0 Å². The Morgan fingerprint density at radius 1 is 1.32 bits per heavy atom. The van der Waals surface area contributed by atoms with Crippen LogP contribution in [0.3, 0.4) is 0 Å². The predicted octanol–water partition coefficient (Wildman–Crippen LogP) is 4.49. The number of hydrogen-bond acceptors (Lipinski definition) is 5. The summed E-state index contributed by atoms with van der Waals surface area (Å²) < 4.78 is 5.57. The highest BCUT2D eigenvalue weighted by atomic mass is 35.5. The third kappa shape index (κ3) is 5.61. The number of nitrogens with zero attached hydrogens (tertiary/aromatic N) is 2. The van der Waals surface area contributed by atoms with Gasteiger partial charge in [0.2, 0.25) is 11.8 Å². The third-order valence-electron chi connectivity index (χ3n) is 3.96. The van der Waals surface area contributed by atoms with E-state index in [9.17, 15) is 4.79 Å². The first-order valence-electron chi connectivity index (χ1n) is 8.37. The van der Waals surface area contributed by atoms with Crippen LogP contribution >= 0.6 is 23.4 Å². The SMILES string of the molecule is O=C(CSc1nnc(-c2cccc(Cl)c2)o1)NCCC1=CCCCC1. The average Bonchev–Trinajstić information content (AvgIpc) is 3.10. The number of thioether (sulfide) groups is 1. The van der Waals surface area contributed by atoms with Crippen molar-refractivity contribution in [1.82, 2.24) is 15.5 Å². The quantitative estimate of drug-likeness (QED) is 0.568. The van der Waals surface area contributed by atoms with Crippen LogP contribution < -0.4 is 5.32 Å². The molecular formula is C18H20ClN3O2S. The second kappa shape index (κ2) is 9.06. The minimum absolute atomic E-state index is 0.0242. The van der Waals surface area contributed by atoms with E-state index in [0.717, 1.165) is 12.0 Å². The third-order valence-corrected chi connectivity index (χ3v) is 5.01. The van der Waals surface area contributed by atoms with E-state index in [1.165, 1.54) is 43.0 Å². The number of carbonyl (C=O) groups is 1. The molecule has 2 aromatic rings. The minimum Gasteiger partial charge on any atom is -0.411 e. The first-order valence-corrected chi connectivity index (χ1v) is 9.74. The number of aromatic nitrogens is 2. The molecule has 1 N–H and O–H groups in total. The van der Waals surface area contributed by atoms with Gasteiger partial charge in [-0.15, -0.1) is 10.2 Å². The monoisotopic (exact) mass is 377 g/mol. The number of rotatable bonds is 7. The maximum atomic E-state index is 11.9. The molecule has 0 unspecified atom stereocenters. The van der Waals surface area contributed by atoms with Crippen LogP contribution in [0.2, 0.25) is 5.02 Å². The molecule has 0 saturated heterocycles. The molecule has 0 spiro atoms. The van der Waals surface area contributed by atoms with E-state index >= 15 is 0 Å². The van der Waals surface area contributed by atoms with Gasteiger partial charge in [0, 0.05) is 17.1 Å². The molecule has 1 aromatic heterocycles. The van der Waals surface area contributed by atoms with Gasteiger partial charge in [-0.3, -0.25) is 4.79 Å². The number of hydrogen-bond donors (Lipinski definition) is 1. The Balaban J connectivity index is 1.42. The fourth-order valence-corrected chi connectivity index (χ4v) is 3.46. The van der Waals surface area contributed by atoms with Crippen molar-refractivity contribution in [2.24, 2.45) is 0 Å². The summed E-state index contributed by atoms with van der Waals surface area (Å²) in [6.45, 7) is 0.683. The Kier molecular flexibility index (Phi) is 6.53. The van der Waals surface area contributed by atoms with E-state index in [4.69, 9.17) is 16.0 Å². The first-order chi connectivity index (χ1) is 12.2. The van der Waals surface area contributed by atoms with E-state index < -0.39 is 0 Å². The van der Waals surface area contributed by atoms with Gasteiger partial charge >= 0.3 is 0 Å². The fraction of sp³-hybridized carbons (Fsp3) is 0.389. The molecule has 1 aliphatic rings. The first kappa shape index (κ1) is 18.0. The molecule has 0 saturated carbocycles. The summed E-state index contributed by atoms with van der Waals surface area (Å²) in [5, 5.41) is 11.9. The Morgan fingerprint density at radius 2 is 2.24 bits per heavy atom. The van der Waals surface area contributed by atoms with Gasteiger partial charge in [-0.2, -0.15) is 0 Å². The van der Waals surface area contributed by atoms with E-state index in [1.54, 1.807) is 12.1 Å². The summed E-state index contributed by atoms with van der Waals surface area (Å²) in [6, 6.07) is 7.21. The molecule has 132 valence electrons. The fourth-order valence-electron chi connectivity index (χ4n) is 2.68. The highest BCUT2D eigenvalue weighted by molar-refractivity contribution is 7.99. The van der Waals surface area contributed by atoms with Gasteiger partial charge < -0.3 is 9.73 Å². The van der Waals surface area contributed by atoms with Crippen molar-refractivity contribution in [2.45, 2.75) is 37.3 Å². The van der Waals surface area contributed by atoms with Gasteiger partial charge in [0.1, 0.15) is 0 Å². The molecule has 0 bridgehead atoms. The summed E-state index contributed by atoms with van der Waals surface area (Å²) in [7, 11) is 0. The number of amides is 1. The lowest BCUT2D eigenvalue weighted by atomic mass is 9.97. The van der Waals surface area contributed by atoms with E-state index in [0.29, 0.717) is 22.7 Å². The van der Waals surface area contributed by atoms with Crippen molar-refractivity contribution >= 4 is 29.3 Å². The highest BCUT2D eigenvalue weighted by Crippen LogP contribution is 2.25. The molecule has 25 heavy (non-hydrogen) atoms. The summed E-state index contributed by atoms with van der Waals surface area (Å²) in [5.41, 5.74) is 2.22. The number of benzene rings is 1. The van der Waals surface area contributed by atoms with Crippen LogP contribution in [0.15, 0.2) is 45.6 Å². The summed E-state index contributed by atoms with van der Waals surface area (Å²) in [5.74, 6) is 0.634. The number of allylic oxidation sites excluding steroid dienone is 1. The van der Waals surface area contributed by atoms with Gasteiger partial charge in [-0.25, -0.2) is 0 Å². The second-order valence-electron chi connectivity index (χ2n) is 5.88. The van der Waals surface area contributed by atoms with Gasteiger partial charge in [0.05, 0.1) is 5.75 Å². The maximum absolute atomic E-state index is 11.9. The lowest BCUT2D eigenvalue weighted by molar-refractivity contribution is -0.118. The topological polar surface area (TPSA) is 68.0 Å². The van der Waals surface area contributed by atoms with Gasteiger partial charge in [0.25, 0.3) is 5.22 Å². The summed E-state index contributed by atoms with van der Waals surface area (Å²) in [6.07, 6.45) is 8.13. The zero-order valence-electron chi connectivity index (χ0n) is 13.8. The Hall–Kier alpha value is -1.79. The highest BCUT2D eigenvalue weighted by Gasteiger charge is 2.11. The number of carbonyl (C=O) groups excluding carboxylic acids is 1. The van der Waals surface area contributed by atoms with E-state index in [2.05, 4.69) is 21.6 Å². The van der Waals surface area contributed by atoms with Crippen LogP contribution in [0, 0.1) is 0 Å². The Morgan fingerprint density at radius 3 is 3.04 bits per heavy atom. The molecule has 0 atom stereocenters. The van der Waals surface area contributed by atoms with Crippen molar-refractivity contribution in [3.05, 3.63) is 40.9 Å². The van der Waals surface area contributed by atoms with Crippen molar-refractivity contribution in [3.8, 4) is 11.5 Å². The molecule has 1 amide bonds. The van der Waals surface area contributed by atoms with Crippen LogP contribution in [0.4, 0.5) is 0 Å². The summed E-state index contributed by atoms with van der Waals surface area (Å²) in [4.78, 5) is 11.9. The van der Waals surface area contributed by atoms with Gasteiger partial charge in [-0.05, 0) is 50.3 Å². The molecule has 7 heteroatoms. The largest absolute Gasteiger partial charge is 0.411 e. The van der Waals surface area contributed by atoms with Crippen LogP contribution in [-0.4, -0.2) is 28.4 Å². The van der Waals surface area contributed by atoms with E-state index in [1.807, 2.05) is 12.1 Å². The standard InChI is InChI=1S/C18H20ClN3O2S/c19-15-8-4-7-14(11-15)17-21-22-18(24-17)25-12-16(23)20-10-9-13-5-2-1-3-6-13/h4-5,7-8,11H,1-3,6,9-10,12H2,(H,20,23). The van der Waals surface area contributed by atoms with Crippen molar-refractivity contribution in [3.63, 3.8) is 0 Å². The van der Waals surface area contributed by atoms with Crippen LogP contribution in [0.5, 0.6) is 0 Å². The predicted molar refractivity (Wildman–Crippen MR) is 99.6 cm³/mol. The molecule has 0 fully saturated rings. The molecule has 1 heterocycles. The smallest absolute Gasteiger partial charge is 0.277 e. The van der Waals surface area contributed by atoms with Gasteiger partial charge in [0.15, 0.2) is 0 Å². The van der Waals surface area contributed by atoms with Crippen LogP contribution in [-0.2, 0) is 4.79 Å². The average molecular weight is 378 g/mol. The Labute approximate surface area is 156 Å². The molecule has 0 aliphatic heterocycles. The number of halogens is 1. The molecule has 0 radical (unpaired) electrons. The van der Waals surface area contributed by atoms with E-state index in [-0.39, 0.29) is 11.7 Å². The second-order valence-corrected chi connectivity index (χ2v) is 7.24. The van der Waals surface area contributed by atoms with Crippen LogP contribution in [0.1, 0.15) is 32.1 Å². The lowest BCUT2D eigenvalue weighted by Crippen LogP contribution is -2.26. The zero-order valence-corrected chi connectivity index (χ0v) is 15.4. The normalized spacial score (nSPS) is 14.2. The summed E-state index contributed by atoms with van der Waals surface area (Å²) >= 11 is 7.19. The maximum Gasteiger partial charge on any atom is 0.277 e. The molecule has 1 aliphatic carbocycles. The zero-order chi connectivity index (χ0) is 17.5. The molecule has 3 rings (SSSR count). The minimum atomic E-state index is -0.0242. The van der Waals surface area contributed by atoms with Crippen LogP contribution in [0.25, 0.3) is 11.5 Å². The van der Waals surface area contributed by atoms with Gasteiger partial charge in [-0.1, -0.05) is 41.1 Å². The molecule has 1 aromatic carbocycles.